The van der Waals surface area contributed by atoms with E-state index in [1.807, 2.05) is 35.2 Å². The number of nitriles is 1. The molecule has 0 bridgehead atoms. The van der Waals surface area contributed by atoms with Crippen molar-refractivity contribution < 1.29 is 9.53 Å². The fraction of sp³-hybridized carbons (Fsp3) is 0.350. The predicted octanol–water partition coefficient (Wildman–Crippen LogP) is 2.24. The molecule has 26 heavy (non-hydrogen) atoms. The molecule has 1 saturated heterocycles. The number of benzene rings is 1. The number of carbonyl (C=O) groups excluding carboxylic acids is 1. The Morgan fingerprint density at radius 2 is 2.04 bits per heavy atom. The number of pyridine rings is 1. The summed E-state index contributed by atoms with van der Waals surface area (Å²) in [5.41, 5.74) is 1.67. The number of rotatable bonds is 5. The van der Waals surface area contributed by atoms with Gasteiger partial charge in [0.25, 0.3) is 0 Å². The number of methoxy groups -OCH3 is 1. The van der Waals surface area contributed by atoms with Crippen molar-refractivity contribution >= 4 is 11.7 Å². The second-order valence-electron chi connectivity index (χ2n) is 6.24. The molecule has 0 atom stereocenters. The normalized spacial score (nSPS) is 14.0. The minimum Gasteiger partial charge on any atom is -0.497 e. The molecule has 0 saturated carbocycles. The molecule has 0 aliphatic carbocycles. The van der Waals surface area contributed by atoms with Gasteiger partial charge in [-0.15, -0.1) is 0 Å². The summed E-state index contributed by atoms with van der Waals surface area (Å²) < 4.78 is 5.22. The molecule has 1 amide bonds. The van der Waals surface area contributed by atoms with Crippen LogP contribution in [0.5, 0.6) is 5.75 Å². The third-order valence-corrected chi connectivity index (χ3v) is 4.60. The minimum absolute atomic E-state index is 0.181. The fourth-order valence-corrected chi connectivity index (χ4v) is 3.06. The molecule has 2 aromatic rings. The summed E-state index contributed by atoms with van der Waals surface area (Å²) in [4.78, 5) is 20.9. The summed E-state index contributed by atoms with van der Waals surface area (Å²) in [6, 6.07) is 13.5. The topological polar surface area (TPSA) is 69.5 Å². The number of ether oxygens (including phenoxy) is 1. The second kappa shape index (κ2) is 8.34. The van der Waals surface area contributed by atoms with E-state index in [4.69, 9.17) is 10.00 Å². The van der Waals surface area contributed by atoms with Crippen LogP contribution in [0.2, 0.25) is 0 Å². The molecule has 1 fully saturated rings. The van der Waals surface area contributed by atoms with Gasteiger partial charge in [-0.05, 0) is 36.2 Å². The highest BCUT2D eigenvalue weighted by atomic mass is 16.5. The molecule has 6 nitrogen and oxygen atoms in total. The molecule has 0 N–H and O–H groups in total. The molecule has 1 aromatic heterocycles. The van der Waals surface area contributed by atoms with Crippen LogP contribution in [0.1, 0.15) is 17.5 Å². The number of amides is 1. The Bertz CT molecular complexity index is 790. The first kappa shape index (κ1) is 17.7. The van der Waals surface area contributed by atoms with E-state index < -0.39 is 0 Å². The Hall–Kier alpha value is -3.07. The predicted molar refractivity (Wildman–Crippen MR) is 99.1 cm³/mol. The molecule has 3 rings (SSSR count). The third-order valence-electron chi connectivity index (χ3n) is 4.60. The van der Waals surface area contributed by atoms with Crippen LogP contribution in [0.25, 0.3) is 0 Å². The van der Waals surface area contributed by atoms with Gasteiger partial charge in [-0.25, -0.2) is 4.98 Å². The van der Waals surface area contributed by atoms with E-state index in [0.29, 0.717) is 31.5 Å². The van der Waals surface area contributed by atoms with Gasteiger partial charge in [-0.1, -0.05) is 12.1 Å². The summed E-state index contributed by atoms with van der Waals surface area (Å²) >= 11 is 0. The van der Waals surface area contributed by atoms with Gasteiger partial charge >= 0.3 is 0 Å². The summed E-state index contributed by atoms with van der Waals surface area (Å²) in [6.07, 6.45) is 2.80. The number of hydrogen-bond donors (Lipinski definition) is 0. The van der Waals surface area contributed by atoms with Crippen molar-refractivity contribution in [2.24, 2.45) is 0 Å². The van der Waals surface area contributed by atoms with Crippen LogP contribution in [0.15, 0.2) is 42.6 Å². The molecule has 2 heterocycles. The van der Waals surface area contributed by atoms with Crippen LogP contribution >= 0.6 is 0 Å². The quantitative estimate of drug-likeness (QED) is 0.827. The molecular formula is C20H22N4O2. The lowest BCUT2D eigenvalue weighted by atomic mass is 10.1. The first-order chi connectivity index (χ1) is 12.7. The van der Waals surface area contributed by atoms with Gasteiger partial charge in [0.2, 0.25) is 5.91 Å². The van der Waals surface area contributed by atoms with Crippen LogP contribution in [0, 0.1) is 11.3 Å². The van der Waals surface area contributed by atoms with Crippen LogP contribution in [-0.4, -0.2) is 49.1 Å². The average Bonchev–Trinajstić information content (AvgIpc) is 2.72. The van der Waals surface area contributed by atoms with E-state index in [9.17, 15) is 4.79 Å². The number of aromatic nitrogens is 1. The molecule has 1 aliphatic heterocycles. The minimum atomic E-state index is 0.181. The monoisotopic (exact) mass is 350 g/mol. The third kappa shape index (κ3) is 4.31. The first-order valence-corrected chi connectivity index (χ1v) is 8.71. The maximum absolute atomic E-state index is 12.5. The SMILES string of the molecule is COc1cccc(CCC(=O)N2CCN(c3ccc(C#N)cn3)CC2)c1. The number of piperazine rings is 1. The average molecular weight is 350 g/mol. The molecule has 134 valence electrons. The smallest absolute Gasteiger partial charge is 0.223 e. The van der Waals surface area contributed by atoms with Crippen molar-refractivity contribution in [3.8, 4) is 11.8 Å². The number of anilines is 1. The molecule has 6 heteroatoms. The van der Waals surface area contributed by atoms with Crippen molar-refractivity contribution in [2.75, 3.05) is 38.2 Å². The first-order valence-electron chi connectivity index (χ1n) is 8.71. The van der Waals surface area contributed by atoms with Crippen molar-refractivity contribution in [1.29, 1.82) is 5.26 Å². The maximum Gasteiger partial charge on any atom is 0.223 e. The zero-order valence-corrected chi connectivity index (χ0v) is 14.9. The Kier molecular flexibility index (Phi) is 5.69. The van der Waals surface area contributed by atoms with Crippen molar-refractivity contribution in [2.45, 2.75) is 12.8 Å². The van der Waals surface area contributed by atoms with E-state index in [1.165, 1.54) is 0 Å². The number of aryl methyl sites for hydroxylation is 1. The van der Waals surface area contributed by atoms with Crippen LogP contribution in [-0.2, 0) is 11.2 Å². The Morgan fingerprint density at radius 3 is 2.69 bits per heavy atom. The number of hydrogen-bond acceptors (Lipinski definition) is 5. The van der Waals surface area contributed by atoms with Gasteiger partial charge in [0, 0.05) is 38.8 Å². The molecule has 1 aromatic carbocycles. The summed E-state index contributed by atoms with van der Waals surface area (Å²) in [5, 5.41) is 8.84. The number of carbonyl (C=O) groups is 1. The molecular weight excluding hydrogens is 328 g/mol. The summed E-state index contributed by atoms with van der Waals surface area (Å²) in [5.74, 6) is 1.85. The standard InChI is InChI=1S/C20H22N4O2/c1-26-18-4-2-3-16(13-18)6-8-20(25)24-11-9-23(10-12-24)19-7-5-17(14-21)15-22-19/h2-5,7,13,15H,6,8-12H2,1H3. The van der Waals surface area contributed by atoms with E-state index in [1.54, 1.807) is 19.4 Å². The highest BCUT2D eigenvalue weighted by molar-refractivity contribution is 5.76. The van der Waals surface area contributed by atoms with Crippen molar-refractivity contribution in [1.82, 2.24) is 9.88 Å². The Morgan fingerprint density at radius 1 is 1.23 bits per heavy atom. The van der Waals surface area contributed by atoms with Crippen molar-refractivity contribution in [3.05, 3.63) is 53.7 Å². The molecule has 0 unspecified atom stereocenters. The van der Waals surface area contributed by atoms with E-state index in [0.717, 1.165) is 30.2 Å². The Labute approximate surface area is 153 Å². The van der Waals surface area contributed by atoms with E-state index >= 15 is 0 Å². The van der Waals surface area contributed by atoms with Gasteiger partial charge in [0.05, 0.1) is 12.7 Å². The lowest BCUT2D eigenvalue weighted by Gasteiger charge is -2.35. The van der Waals surface area contributed by atoms with Crippen molar-refractivity contribution in [3.63, 3.8) is 0 Å². The highest BCUT2D eigenvalue weighted by Crippen LogP contribution is 2.16. The number of nitrogens with zero attached hydrogens (tertiary/aromatic N) is 4. The maximum atomic E-state index is 12.5. The zero-order valence-electron chi connectivity index (χ0n) is 14.9. The molecule has 1 aliphatic rings. The van der Waals surface area contributed by atoms with E-state index in [2.05, 4.69) is 16.0 Å². The van der Waals surface area contributed by atoms with Gasteiger partial charge in [-0.3, -0.25) is 4.79 Å². The summed E-state index contributed by atoms with van der Waals surface area (Å²) in [7, 11) is 1.65. The molecule has 0 spiro atoms. The fourth-order valence-electron chi connectivity index (χ4n) is 3.06. The summed E-state index contributed by atoms with van der Waals surface area (Å²) in [6.45, 7) is 2.89. The second-order valence-corrected chi connectivity index (χ2v) is 6.24. The highest BCUT2D eigenvalue weighted by Gasteiger charge is 2.21. The van der Waals surface area contributed by atoms with Crippen LogP contribution in [0.3, 0.4) is 0 Å². The molecule has 0 radical (unpaired) electrons. The van der Waals surface area contributed by atoms with Gasteiger partial charge in [0.15, 0.2) is 0 Å². The Balaban J connectivity index is 1.49. The van der Waals surface area contributed by atoms with Crippen LogP contribution in [0.4, 0.5) is 5.82 Å². The zero-order chi connectivity index (χ0) is 18.4. The largest absolute Gasteiger partial charge is 0.497 e. The van der Waals surface area contributed by atoms with Crippen LogP contribution < -0.4 is 9.64 Å². The van der Waals surface area contributed by atoms with E-state index in [-0.39, 0.29) is 5.91 Å². The van der Waals surface area contributed by atoms with Gasteiger partial charge in [0.1, 0.15) is 17.6 Å². The van der Waals surface area contributed by atoms with Gasteiger partial charge < -0.3 is 14.5 Å². The lowest BCUT2D eigenvalue weighted by molar-refractivity contribution is -0.131. The lowest BCUT2D eigenvalue weighted by Crippen LogP contribution is -2.49. The van der Waals surface area contributed by atoms with Gasteiger partial charge in [-0.2, -0.15) is 5.26 Å².